The van der Waals surface area contributed by atoms with Gasteiger partial charge in [0.2, 0.25) is 0 Å². The molecule has 0 saturated carbocycles. The van der Waals surface area contributed by atoms with Gasteiger partial charge in [-0.3, -0.25) is 9.89 Å². The molecule has 0 aliphatic carbocycles. The first kappa shape index (κ1) is 20.9. The zero-order chi connectivity index (χ0) is 17.8. The molecule has 2 bridgehead atoms. The highest BCUT2D eigenvalue weighted by atomic mass is 127. The van der Waals surface area contributed by atoms with Crippen molar-refractivity contribution in [1.29, 1.82) is 0 Å². The fourth-order valence-electron chi connectivity index (χ4n) is 4.69. The van der Waals surface area contributed by atoms with Crippen LogP contribution >= 0.6 is 24.0 Å². The molecule has 0 amide bonds. The van der Waals surface area contributed by atoms with Crippen LogP contribution in [0.2, 0.25) is 0 Å². The average molecular weight is 484 g/mol. The number of hydrogen-bond acceptors (Lipinski definition) is 3. The fourth-order valence-corrected chi connectivity index (χ4v) is 4.69. The second-order valence-corrected chi connectivity index (χ2v) is 7.92. The second kappa shape index (κ2) is 10.1. The van der Waals surface area contributed by atoms with Crippen LogP contribution in [-0.2, 0) is 11.3 Å². The first-order valence-corrected chi connectivity index (χ1v) is 10.2. The van der Waals surface area contributed by atoms with Crippen LogP contribution in [0.15, 0.2) is 35.3 Å². The van der Waals surface area contributed by atoms with Gasteiger partial charge in [0.05, 0.1) is 18.2 Å². The Morgan fingerprint density at radius 1 is 1.19 bits per heavy atom. The maximum Gasteiger partial charge on any atom is 0.191 e. The number of nitrogens with one attached hydrogen (secondary N) is 2. The molecular formula is C21H33IN4O. The maximum absolute atomic E-state index is 5.95. The topological polar surface area (TPSA) is 48.9 Å². The summed E-state index contributed by atoms with van der Waals surface area (Å²) in [6.45, 7) is 3.18. The monoisotopic (exact) mass is 484 g/mol. The van der Waals surface area contributed by atoms with Crippen molar-refractivity contribution in [2.24, 2.45) is 4.99 Å². The van der Waals surface area contributed by atoms with Crippen LogP contribution in [0.4, 0.5) is 0 Å². The highest BCUT2D eigenvalue weighted by Gasteiger charge is 2.41. The summed E-state index contributed by atoms with van der Waals surface area (Å²) in [5.41, 5.74) is 1.40. The van der Waals surface area contributed by atoms with Gasteiger partial charge in [-0.2, -0.15) is 0 Å². The minimum Gasteiger partial charge on any atom is -0.373 e. The van der Waals surface area contributed by atoms with E-state index in [1.807, 2.05) is 7.05 Å². The number of rotatable bonds is 5. The first-order valence-electron chi connectivity index (χ1n) is 10.2. The molecule has 27 heavy (non-hydrogen) atoms. The van der Waals surface area contributed by atoms with Gasteiger partial charge in [0.15, 0.2) is 5.96 Å². The Bertz CT molecular complexity index is 611. The number of fused-ring (bicyclic) bond motifs is 2. The van der Waals surface area contributed by atoms with Crippen molar-refractivity contribution in [2.75, 3.05) is 20.1 Å². The van der Waals surface area contributed by atoms with E-state index in [1.165, 1.54) is 44.2 Å². The van der Waals surface area contributed by atoms with Crippen molar-refractivity contribution in [3.8, 4) is 0 Å². The van der Waals surface area contributed by atoms with Gasteiger partial charge in [-0.05, 0) is 44.2 Å². The highest BCUT2D eigenvalue weighted by Crippen LogP contribution is 2.34. The molecule has 3 fully saturated rings. The lowest BCUT2D eigenvalue weighted by Crippen LogP contribution is -2.52. The zero-order valence-electron chi connectivity index (χ0n) is 16.3. The average Bonchev–Trinajstić information content (AvgIpc) is 3.30. The van der Waals surface area contributed by atoms with Crippen molar-refractivity contribution in [1.82, 2.24) is 15.5 Å². The normalized spacial score (nSPS) is 30.8. The van der Waals surface area contributed by atoms with E-state index < -0.39 is 0 Å². The molecule has 0 aromatic heterocycles. The molecule has 5 nitrogen and oxygen atoms in total. The van der Waals surface area contributed by atoms with Gasteiger partial charge in [-0.1, -0.05) is 36.8 Å². The molecule has 4 rings (SSSR count). The maximum atomic E-state index is 5.95. The quantitative estimate of drug-likeness (QED) is 0.383. The summed E-state index contributed by atoms with van der Waals surface area (Å²) in [6, 6.07) is 11.8. The molecule has 0 radical (unpaired) electrons. The Balaban J connectivity index is 0.00000210. The van der Waals surface area contributed by atoms with E-state index in [4.69, 9.17) is 4.74 Å². The Kier molecular flexibility index (Phi) is 7.78. The van der Waals surface area contributed by atoms with Gasteiger partial charge in [-0.25, -0.2) is 0 Å². The summed E-state index contributed by atoms with van der Waals surface area (Å²) in [7, 11) is 1.87. The summed E-state index contributed by atoms with van der Waals surface area (Å²) >= 11 is 0. The summed E-state index contributed by atoms with van der Waals surface area (Å²) in [5, 5.41) is 7.18. The van der Waals surface area contributed by atoms with Crippen LogP contribution in [0, 0.1) is 0 Å². The molecule has 3 heterocycles. The largest absolute Gasteiger partial charge is 0.373 e. The van der Waals surface area contributed by atoms with E-state index in [2.05, 4.69) is 50.9 Å². The lowest BCUT2D eigenvalue weighted by Gasteiger charge is -2.36. The molecule has 3 aliphatic rings. The zero-order valence-corrected chi connectivity index (χ0v) is 18.6. The number of benzene rings is 1. The van der Waals surface area contributed by atoms with E-state index in [-0.39, 0.29) is 24.0 Å². The number of aliphatic imine (C=N–C) groups is 1. The minimum absolute atomic E-state index is 0. The molecule has 4 atom stereocenters. The van der Waals surface area contributed by atoms with Crippen LogP contribution in [0.25, 0.3) is 0 Å². The SMILES string of the molecule is CN=C(NCC1CCCCN1Cc1ccccc1)NC1CC2CCC1O2.I. The summed E-state index contributed by atoms with van der Waals surface area (Å²) in [6.07, 6.45) is 8.27. The van der Waals surface area contributed by atoms with Gasteiger partial charge in [0, 0.05) is 26.2 Å². The molecule has 1 aromatic rings. The van der Waals surface area contributed by atoms with Gasteiger partial charge < -0.3 is 15.4 Å². The van der Waals surface area contributed by atoms with Crippen molar-refractivity contribution in [3.05, 3.63) is 35.9 Å². The number of piperidine rings is 1. The van der Waals surface area contributed by atoms with E-state index >= 15 is 0 Å². The van der Waals surface area contributed by atoms with Gasteiger partial charge >= 0.3 is 0 Å². The van der Waals surface area contributed by atoms with Gasteiger partial charge in [0.1, 0.15) is 0 Å². The van der Waals surface area contributed by atoms with Crippen LogP contribution < -0.4 is 10.6 Å². The third kappa shape index (κ3) is 5.35. The van der Waals surface area contributed by atoms with E-state index in [9.17, 15) is 0 Å². The molecule has 0 spiro atoms. The smallest absolute Gasteiger partial charge is 0.191 e. The molecular weight excluding hydrogens is 451 g/mol. The third-order valence-electron chi connectivity index (χ3n) is 6.13. The van der Waals surface area contributed by atoms with E-state index in [0.717, 1.165) is 25.5 Å². The summed E-state index contributed by atoms with van der Waals surface area (Å²) in [5.74, 6) is 0.927. The standard InChI is InChI=1S/C21H32N4O.HI/c1-22-21(24-19-13-18-10-11-20(19)26-18)23-14-17-9-5-6-12-25(17)15-16-7-3-2-4-8-16;/h2-4,7-8,17-20H,5-6,9-15H2,1H3,(H2,22,23,24);1H. The number of hydrogen-bond donors (Lipinski definition) is 2. The molecule has 150 valence electrons. The highest BCUT2D eigenvalue weighted by molar-refractivity contribution is 14.0. The van der Waals surface area contributed by atoms with Crippen LogP contribution in [0.3, 0.4) is 0 Å². The Labute approximate surface area is 180 Å². The first-order chi connectivity index (χ1) is 12.8. The molecule has 3 saturated heterocycles. The van der Waals surface area contributed by atoms with Crippen molar-refractivity contribution in [3.63, 3.8) is 0 Å². The lowest BCUT2D eigenvalue weighted by molar-refractivity contribution is 0.0991. The minimum atomic E-state index is 0. The van der Waals surface area contributed by atoms with Crippen molar-refractivity contribution in [2.45, 2.75) is 69.4 Å². The second-order valence-electron chi connectivity index (χ2n) is 7.92. The molecule has 2 N–H and O–H groups in total. The predicted molar refractivity (Wildman–Crippen MR) is 121 cm³/mol. The molecule has 4 unspecified atom stereocenters. The van der Waals surface area contributed by atoms with Crippen LogP contribution in [0.5, 0.6) is 0 Å². The van der Waals surface area contributed by atoms with Crippen LogP contribution in [0.1, 0.15) is 44.1 Å². The van der Waals surface area contributed by atoms with E-state index in [1.54, 1.807) is 0 Å². The Morgan fingerprint density at radius 3 is 2.74 bits per heavy atom. The number of nitrogens with zero attached hydrogens (tertiary/aromatic N) is 2. The number of halogens is 1. The molecule has 3 aliphatic heterocycles. The number of ether oxygens (including phenoxy) is 1. The van der Waals surface area contributed by atoms with Gasteiger partial charge in [-0.15, -0.1) is 24.0 Å². The lowest BCUT2D eigenvalue weighted by atomic mass is 9.96. The molecule has 1 aromatic carbocycles. The predicted octanol–water partition coefficient (Wildman–Crippen LogP) is 3.14. The van der Waals surface area contributed by atoms with Crippen molar-refractivity contribution < 1.29 is 4.74 Å². The number of guanidine groups is 1. The van der Waals surface area contributed by atoms with Gasteiger partial charge in [0.25, 0.3) is 0 Å². The fraction of sp³-hybridized carbons (Fsp3) is 0.667. The van der Waals surface area contributed by atoms with E-state index in [0.29, 0.717) is 24.3 Å². The number of likely N-dealkylation sites (tertiary alicyclic amines) is 1. The Hall–Kier alpha value is -0.860. The summed E-state index contributed by atoms with van der Waals surface area (Å²) in [4.78, 5) is 7.07. The summed E-state index contributed by atoms with van der Waals surface area (Å²) < 4.78 is 5.95. The van der Waals surface area contributed by atoms with Crippen molar-refractivity contribution >= 4 is 29.9 Å². The Morgan fingerprint density at radius 2 is 2.04 bits per heavy atom. The third-order valence-corrected chi connectivity index (χ3v) is 6.13. The molecule has 6 heteroatoms. The van der Waals surface area contributed by atoms with Crippen LogP contribution in [-0.4, -0.2) is 55.3 Å².